The molecule has 1 aromatic heterocycles. The van der Waals surface area contributed by atoms with Crippen LogP contribution in [0.15, 0.2) is 48.5 Å². The standard InChI is InChI=1S/C26H21ClN2O3S/c1-3-32-22(30)12-20-14(2)10-21-24(23(20)15-4-7-18(27)8-5-15)33-26(29-21)16-6-9-19-17(11-16)13-28-25(19)31/h4-11H,3,12-13H2,1-2H3,(H,28,31). The molecule has 166 valence electrons. The molecule has 0 atom stereocenters. The maximum absolute atomic E-state index is 12.4. The van der Waals surface area contributed by atoms with Gasteiger partial charge in [-0.15, -0.1) is 11.3 Å². The number of halogens is 1. The maximum atomic E-state index is 12.4. The molecule has 3 aromatic carbocycles. The molecule has 5 nitrogen and oxygen atoms in total. The summed E-state index contributed by atoms with van der Waals surface area (Å²) in [6.07, 6.45) is 0.188. The summed E-state index contributed by atoms with van der Waals surface area (Å²) in [6.45, 7) is 4.69. The van der Waals surface area contributed by atoms with E-state index in [1.165, 1.54) is 0 Å². The van der Waals surface area contributed by atoms with Crippen LogP contribution in [0, 0.1) is 6.92 Å². The molecule has 1 amide bonds. The Morgan fingerprint density at radius 2 is 1.91 bits per heavy atom. The molecule has 0 saturated heterocycles. The summed E-state index contributed by atoms with van der Waals surface area (Å²) in [5.74, 6) is -0.291. The van der Waals surface area contributed by atoms with Crippen molar-refractivity contribution in [2.75, 3.05) is 6.61 Å². The highest BCUT2D eigenvalue weighted by atomic mass is 35.5. The lowest BCUT2D eigenvalue weighted by Crippen LogP contribution is -2.12. The average Bonchev–Trinajstić information content (AvgIpc) is 3.38. The van der Waals surface area contributed by atoms with Crippen molar-refractivity contribution < 1.29 is 14.3 Å². The van der Waals surface area contributed by atoms with Crippen LogP contribution in [0.25, 0.3) is 31.9 Å². The van der Waals surface area contributed by atoms with E-state index in [1.807, 2.05) is 62.4 Å². The molecule has 1 N–H and O–H groups in total. The molecule has 2 heterocycles. The molecule has 33 heavy (non-hydrogen) atoms. The van der Waals surface area contributed by atoms with Gasteiger partial charge in [0.15, 0.2) is 0 Å². The van der Waals surface area contributed by atoms with Crippen LogP contribution >= 0.6 is 22.9 Å². The third-order valence-electron chi connectivity index (χ3n) is 5.81. The number of carbonyl (C=O) groups is 2. The van der Waals surface area contributed by atoms with Gasteiger partial charge in [-0.05, 0) is 66.4 Å². The van der Waals surface area contributed by atoms with Crippen LogP contribution in [-0.2, 0) is 22.5 Å². The number of benzene rings is 3. The quantitative estimate of drug-likeness (QED) is 0.362. The van der Waals surface area contributed by atoms with E-state index in [2.05, 4.69) is 5.32 Å². The molecule has 0 aliphatic carbocycles. The Kier molecular flexibility index (Phi) is 5.64. The number of rotatable bonds is 5. The Bertz CT molecular complexity index is 1410. The summed E-state index contributed by atoms with van der Waals surface area (Å²) in [5.41, 5.74) is 7.42. The van der Waals surface area contributed by atoms with E-state index in [0.717, 1.165) is 48.6 Å². The van der Waals surface area contributed by atoms with Crippen molar-refractivity contribution in [2.24, 2.45) is 0 Å². The molecule has 0 unspecified atom stereocenters. The molecule has 0 fully saturated rings. The zero-order valence-electron chi connectivity index (χ0n) is 18.2. The van der Waals surface area contributed by atoms with E-state index in [0.29, 0.717) is 23.7 Å². The lowest BCUT2D eigenvalue weighted by Gasteiger charge is -2.14. The number of carbonyl (C=O) groups excluding carboxylic acids is 2. The summed E-state index contributed by atoms with van der Waals surface area (Å²) in [4.78, 5) is 29.2. The van der Waals surface area contributed by atoms with E-state index >= 15 is 0 Å². The van der Waals surface area contributed by atoms with Crippen molar-refractivity contribution in [1.29, 1.82) is 0 Å². The third kappa shape index (κ3) is 4.01. The molecular weight excluding hydrogens is 456 g/mol. The first-order chi connectivity index (χ1) is 15.9. The van der Waals surface area contributed by atoms with Crippen molar-refractivity contribution >= 4 is 45.0 Å². The summed E-state index contributed by atoms with van der Waals surface area (Å²) in [7, 11) is 0. The summed E-state index contributed by atoms with van der Waals surface area (Å²) in [5, 5.41) is 4.38. The third-order valence-corrected chi connectivity index (χ3v) is 7.20. The van der Waals surface area contributed by atoms with Gasteiger partial charge in [-0.2, -0.15) is 0 Å². The number of esters is 1. The predicted molar refractivity (Wildman–Crippen MR) is 132 cm³/mol. The van der Waals surface area contributed by atoms with Gasteiger partial charge in [-0.3, -0.25) is 9.59 Å². The van der Waals surface area contributed by atoms with Gasteiger partial charge in [0.2, 0.25) is 0 Å². The Balaban J connectivity index is 1.69. The summed E-state index contributed by atoms with van der Waals surface area (Å²) >= 11 is 7.73. The van der Waals surface area contributed by atoms with Crippen LogP contribution in [0.1, 0.15) is 34.0 Å². The molecule has 5 rings (SSSR count). The highest BCUT2D eigenvalue weighted by molar-refractivity contribution is 7.22. The molecule has 0 saturated carbocycles. The van der Waals surface area contributed by atoms with E-state index in [1.54, 1.807) is 11.3 Å². The van der Waals surface area contributed by atoms with Crippen molar-refractivity contribution in [3.63, 3.8) is 0 Å². The van der Waals surface area contributed by atoms with Gasteiger partial charge < -0.3 is 10.1 Å². The zero-order valence-corrected chi connectivity index (χ0v) is 19.8. The normalized spacial score (nSPS) is 12.6. The van der Waals surface area contributed by atoms with Crippen LogP contribution in [0.2, 0.25) is 5.02 Å². The summed E-state index contributed by atoms with van der Waals surface area (Å²) in [6, 6.07) is 15.5. The maximum Gasteiger partial charge on any atom is 0.310 e. The van der Waals surface area contributed by atoms with E-state index in [4.69, 9.17) is 21.3 Å². The second kappa shape index (κ2) is 8.61. The number of nitrogens with zero attached hydrogens (tertiary/aromatic N) is 1. The van der Waals surface area contributed by atoms with E-state index in [-0.39, 0.29) is 18.3 Å². The number of aromatic nitrogens is 1. The van der Waals surface area contributed by atoms with Gasteiger partial charge in [0, 0.05) is 28.3 Å². The summed E-state index contributed by atoms with van der Waals surface area (Å²) < 4.78 is 6.25. The molecular formula is C26H21ClN2O3S. The Morgan fingerprint density at radius 1 is 1.15 bits per heavy atom. The minimum absolute atomic E-state index is 0.0369. The topological polar surface area (TPSA) is 68.3 Å². The van der Waals surface area contributed by atoms with Crippen LogP contribution in [-0.4, -0.2) is 23.5 Å². The van der Waals surface area contributed by atoms with E-state index < -0.39 is 0 Å². The van der Waals surface area contributed by atoms with Crippen LogP contribution in [0.5, 0.6) is 0 Å². The van der Waals surface area contributed by atoms with Crippen LogP contribution < -0.4 is 5.32 Å². The zero-order chi connectivity index (χ0) is 23.1. The fourth-order valence-electron chi connectivity index (χ4n) is 4.23. The van der Waals surface area contributed by atoms with Gasteiger partial charge in [0.25, 0.3) is 5.91 Å². The smallest absolute Gasteiger partial charge is 0.310 e. The SMILES string of the molecule is CCOC(=O)Cc1c(C)cc2nc(-c3ccc4c(c3)CNC4=O)sc2c1-c1ccc(Cl)cc1. The average molecular weight is 477 g/mol. The Morgan fingerprint density at radius 3 is 2.67 bits per heavy atom. The molecule has 0 spiro atoms. The van der Waals surface area contributed by atoms with Crippen molar-refractivity contribution in [2.45, 2.75) is 26.8 Å². The number of ether oxygens (including phenoxy) is 1. The number of aryl methyl sites for hydroxylation is 1. The first-order valence-corrected chi connectivity index (χ1v) is 11.9. The van der Waals surface area contributed by atoms with Crippen molar-refractivity contribution in [1.82, 2.24) is 10.3 Å². The fraction of sp³-hybridized carbons (Fsp3) is 0.192. The van der Waals surface area contributed by atoms with Gasteiger partial charge in [0.1, 0.15) is 5.01 Å². The van der Waals surface area contributed by atoms with Gasteiger partial charge in [0.05, 0.1) is 23.2 Å². The molecule has 4 aromatic rings. The highest BCUT2D eigenvalue weighted by Gasteiger charge is 2.22. The first kappa shape index (κ1) is 21.6. The van der Waals surface area contributed by atoms with Crippen molar-refractivity contribution in [3.05, 3.63) is 75.8 Å². The van der Waals surface area contributed by atoms with Gasteiger partial charge >= 0.3 is 5.97 Å². The minimum atomic E-state index is -0.254. The number of thiazole rings is 1. The number of fused-ring (bicyclic) bond motifs is 2. The van der Waals surface area contributed by atoms with Crippen LogP contribution in [0.4, 0.5) is 0 Å². The first-order valence-electron chi connectivity index (χ1n) is 10.7. The van der Waals surface area contributed by atoms with Crippen LogP contribution in [0.3, 0.4) is 0 Å². The number of hydrogen-bond donors (Lipinski definition) is 1. The fourth-order valence-corrected chi connectivity index (χ4v) is 5.49. The van der Waals surface area contributed by atoms with E-state index in [9.17, 15) is 9.59 Å². The van der Waals surface area contributed by atoms with Gasteiger partial charge in [-0.25, -0.2) is 4.98 Å². The number of nitrogens with one attached hydrogen (secondary N) is 1. The monoisotopic (exact) mass is 476 g/mol. The Hall–Kier alpha value is -3.22. The molecule has 7 heteroatoms. The molecule has 1 aliphatic heterocycles. The lowest BCUT2D eigenvalue weighted by molar-refractivity contribution is -0.142. The van der Waals surface area contributed by atoms with Gasteiger partial charge in [-0.1, -0.05) is 29.8 Å². The van der Waals surface area contributed by atoms with Crippen molar-refractivity contribution in [3.8, 4) is 21.7 Å². The Labute approximate surface area is 200 Å². The second-order valence-electron chi connectivity index (χ2n) is 7.96. The molecule has 0 bridgehead atoms. The largest absolute Gasteiger partial charge is 0.466 e. The second-order valence-corrected chi connectivity index (χ2v) is 9.39. The highest BCUT2D eigenvalue weighted by Crippen LogP contribution is 2.41. The molecule has 0 radical (unpaired) electrons. The number of amides is 1. The predicted octanol–water partition coefficient (Wildman–Crippen LogP) is 5.94. The molecule has 1 aliphatic rings. The minimum Gasteiger partial charge on any atom is -0.466 e. The number of hydrogen-bond acceptors (Lipinski definition) is 5. The lowest BCUT2D eigenvalue weighted by atomic mass is 9.93.